The Labute approximate surface area is 253 Å². The van der Waals surface area contributed by atoms with Crippen LogP contribution in [0.25, 0.3) is 11.0 Å². The van der Waals surface area contributed by atoms with Gasteiger partial charge in [0.2, 0.25) is 0 Å². The molecule has 5 N–H and O–H groups in total. The molecule has 4 aromatic rings. The summed E-state index contributed by atoms with van der Waals surface area (Å²) in [6.07, 6.45) is 4.87. The average molecular weight is 609 g/mol. The maximum atomic E-state index is 14.1. The van der Waals surface area contributed by atoms with E-state index in [0.29, 0.717) is 47.0 Å². The van der Waals surface area contributed by atoms with Crippen LogP contribution < -0.4 is 16.3 Å². The Bertz CT molecular complexity index is 1640. The summed E-state index contributed by atoms with van der Waals surface area (Å²) >= 11 is 5.84. The second-order valence-corrected chi connectivity index (χ2v) is 10.8. The minimum Gasteiger partial charge on any atom is -0.478 e. The predicted molar refractivity (Wildman–Crippen MR) is 161 cm³/mol. The normalized spacial score (nSPS) is 14.7. The van der Waals surface area contributed by atoms with Crippen LogP contribution in [0.3, 0.4) is 0 Å². The quantitative estimate of drug-likeness (QED) is 0.166. The summed E-state index contributed by atoms with van der Waals surface area (Å²) in [6.45, 7) is 5.03. The number of aromatic carboxylic acids is 1. The number of hydrazine groups is 1. The smallest absolute Gasteiger partial charge is 0.335 e. The highest BCUT2D eigenvalue weighted by molar-refractivity contribution is 6.30. The number of fused-ring (bicyclic) bond motifs is 1. The summed E-state index contributed by atoms with van der Waals surface area (Å²) in [4.78, 5) is 27.6. The molecule has 0 spiro atoms. The maximum Gasteiger partial charge on any atom is 0.335 e. The molecule has 0 unspecified atom stereocenters. The van der Waals surface area contributed by atoms with E-state index in [1.807, 2.05) is 17.6 Å². The van der Waals surface area contributed by atoms with E-state index in [1.165, 1.54) is 12.3 Å². The number of benzene rings is 2. The van der Waals surface area contributed by atoms with Gasteiger partial charge in [-0.2, -0.15) is 4.98 Å². The molecular weight excluding hydrogens is 575 g/mol. The number of likely N-dealkylation sites (N-methyl/N-ethyl adjacent to an activating group) is 1. The molecule has 3 heterocycles. The molecule has 13 heteroatoms. The number of likely N-dealkylation sites (tertiary alicyclic amines) is 1. The Morgan fingerprint density at radius 3 is 2.70 bits per heavy atom. The monoisotopic (exact) mass is 608 g/mol. The Kier molecular flexibility index (Phi) is 9.39. The first-order valence-electron chi connectivity index (χ1n) is 14.0. The number of hydrogen-bond acceptors (Lipinski definition) is 9. The average Bonchev–Trinajstić information content (AvgIpc) is 3.35. The van der Waals surface area contributed by atoms with E-state index in [-0.39, 0.29) is 24.1 Å². The molecule has 2 aromatic carbocycles. The van der Waals surface area contributed by atoms with Crippen molar-refractivity contribution in [1.82, 2.24) is 29.4 Å². The van der Waals surface area contributed by atoms with Crippen LogP contribution >= 0.6 is 11.6 Å². The molecule has 1 saturated heterocycles. The van der Waals surface area contributed by atoms with Crippen LogP contribution in [0, 0.1) is 5.82 Å². The third-order valence-electron chi connectivity index (χ3n) is 7.69. The minimum atomic E-state index is -1.00. The first-order chi connectivity index (χ1) is 20.7. The van der Waals surface area contributed by atoms with Crippen molar-refractivity contribution < 1.29 is 19.0 Å². The summed E-state index contributed by atoms with van der Waals surface area (Å²) in [6, 6.07) is 11.5. The molecule has 5 rings (SSSR count). The number of allylic oxidation sites excluding steroid dienone is 1. The SMILES string of the molecule is CCN(N)/C(=C\N)Cn1c(CN2CCC(c3ccnc(OCc4ccc(Cl)cc4F)n3)CC2)nc2ccc(C(=O)O)cc21. The van der Waals surface area contributed by atoms with Gasteiger partial charge >= 0.3 is 12.0 Å². The van der Waals surface area contributed by atoms with Crippen molar-refractivity contribution in [3.63, 3.8) is 0 Å². The molecule has 0 aliphatic carbocycles. The van der Waals surface area contributed by atoms with E-state index in [1.54, 1.807) is 41.5 Å². The molecule has 2 aromatic heterocycles. The highest BCUT2D eigenvalue weighted by Gasteiger charge is 2.25. The van der Waals surface area contributed by atoms with Crippen molar-refractivity contribution in [3.8, 4) is 6.01 Å². The number of aromatic nitrogens is 4. The van der Waals surface area contributed by atoms with E-state index in [4.69, 9.17) is 32.9 Å². The van der Waals surface area contributed by atoms with Crippen LogP contribution in [-0.4, -0.2) is 60.1 Å². The Balaban J connectivity index is 1.27. The fraction of sp³-hybridized carbons (Fsp3) is 0.333. The van der Waals surface area contributed by atoms with Gasteiger partial charge in [-0.25, -0.2) is 25.0 Å². The number of nitrogens with two attached hydrogens (primary N) is 2. The van der Waals surface area contributed by atoms with E-state index in [9.17, 15) is 14.3 Å². The van der Waals surface area contributed by atoms with Gasteiger partial charge in [0.05, 0.1) is 41.1 Å². The topological polar surface area (TPSA) is 149 Å². The summed E-state index contributed by atoms with van der Waals surface area (Å²) in [7, 11) is 0. The molecule has 0 radical (unpaired) electrons. The fourth-order valence-electron chi connectivity index (χ4n) is 5.23. The number of ether oxygens (including phenoxy) is 1. The fourth-order valence-corrected chi connectivity index (χ4v) is 5.38. The van der Waals surface area contributed by atoms with E-state index in [2.05, 4.69) is 14.9 Å². The first kappa shape index (κ1) is 30.2. The highest BCUT2D eigenvalue weighted by atomic mass is 35.5. The van der Waals surface area contributed by atoms with Crippen molar-refractivity contribution in [3.05, 3.63) is 94.0 Å². The van der Waals surface area contributed by atoms with Crippen LogP contribution in [-0.2, 0) is 19.7 Å². The molecule has 226 valence electrons. The molecule has 0 saturated carbocycles. The summed E-state index contributed by atoms with van der Waals surface area (Å²) in [5.74, 6) is 5.72. The van der Waals surface area contributed by atoms with Gasteiger partial charge in [0.25, 0.3) is 0 Å². The highest BCUT2D eigenvalue weighted by Crippen LogP contribution is 2.29. The van der Waals surface area contributed by atoms with Crippen LogP contribution in [0.15, 0.2) is 60.6 Å². The van der Waals surface area contributed by atoms with Crippen molar-refractivity contribution in [2.24, 2.45) is 11.6 Å². The molecule has 0 atom stereocenters. The van der Waals surface area contributed by atoms with Gasteiger partial charge < -0.3 is 25.2 Å². The molecule has 1 aliphatic rings. The van der Waals surface area contributed by atoms with E-state index in [0.717, 1.165) is 37.4 Å². The zero-order chi connectivity index (χ0) is 30.5. The lowest BCUT2D eigenvalue weighted by molar-refractivity contribution is 0.0697. The number of imidazole rings is 1. The lowest BCUT2D eigenvalue weighted by Crippen LogP contribution is -2.35. The molecule has 1 aliphatic heterocycles. The zero-order valence-electron chi connectivity index (χ0n) is 23.8. The van der Waals surface area contributed by atoms with E-state index < -0.39 is 11.8 Å². The number of hydrogen-bond donors (Lipinski definition) is 3. The van der Waals surface area contributed by atoms with Gasteiger partial charge in [-0.15, -0.1) is 0 Å². The first-order valence-corrected chi connectivity index (χ1v) is 14.4. The van der Waals surface area contributed by atoms with Gasteiger partial charge in [-0.05, 0) is 69.3 Å². The number of rotatable bonds is 11. The van der Waals surface area contributed by atoms with Crippen LogP contribution in [0.2, 0.25) is 5.02 Å². The van der Waals surface area contributed by atoms with Gasteiger partial charge in [0.1, 0.15) is 18.2 Å². The van der Waals surface area contributed by atoms with Crippen molar-refractivity contribution in [1.29, 1.82) is 0 Å². The van der Waals surface area contributed by atoms with Crippen LogP contribution in [0.5, 0.6) is 6.01 Å². The molecule has 11 nitrogen and oxygen atoms in total. The maximum absolute atomic E-state index is 14.1. The lowest BCUT2D eigenvalue weighted by atomic mass is 9.93. The zero-order valence-corrected chi connectivity index (χ0v) is 24.5. The molecule has 43 heavy (non-hydrogen) atoms. The summed E-state index contributed by atoms with van der Waals surface area (Å²) in [5.41, 5.74) is 9.46. The molecule has 1 fully saturated rings. The van der Waals surface area contributed by atoms with Crippen molar-refractivity contribution in [2.75, 3.05) is 19.6 Å². The molecule has 0 bridgehead atoms. The molecule has 0 amide bonds. The second kappa shape index (κ2) is 13.4. The van der Waals surface area contributed by atoms with Crippen molar-refractivity contribution in [2.45, 2.75) is 45.4 Å². The van der Waals surface area contributed by atoms with Crippen molar-refractivity contribution >= 4 is 28.6 Å². The van der Waals surface area contributed by atoms with Crippen LogP contribution in [0.4, 0.5) is 4.39 Å². The third kappa shape index (κ3) is 7.04. The Hall–Kier alpha value is -4.26. The van der Waals surface area contributed by atoms with E-state index >= 15 is 0 Å². The lowest BCUT2D eigenvalue weighted by Gasteiger charge is -2.31. The van der Waals surface area contributed by atoms with Gasteiger partial charge in [0.15, 0.2) is 0 Å². The standard InChI is InChI=1S/C30H34ClFN8O3/c1-2-40(34)23(15-33)16-39-27-13-20(29(41)42)4-6-26(27)36-28(39)17-38-11-8-19(9-12-38)25-7-10-35-30(37-25)43-18-21-3-5-22(31)14-24(21)32/h3-7,10,13-15,19H,2,8-9,11-12,16-18,33-34H2,1H3,(H,41,42)/b23-15-. The van der Waals surface area contributed by atoms with Crippen LogP contribution in [0.1, 0.15) is 53.1 Å². The molecular formula is C30H34ClFN8O3. The van der Waals surface area contributed by atoms with Gasteiger partial charge in [0, 0.05) is 35.4 Å². The number of halogens is 2. The summed E-state index contributed by atoms with van der Waals surface area (Å²) < 4.78 is 21.8. The number of carbonyl (C=O) groups is 1. The number of carboxylic acid groups (broad SMARTS) is 1. The number of carboxylic acids is 1. The number of piperidine rings is 1. The van der Waals surface area contributed by atoms with Gasteiger partial charge in [-0.1, -0.05) is 17.7 Å². The predicted octanol–water partition coefficient (Wildman–Crippen LogP) is 4.27. The summed E-state index contributed by atoms with van der Waals surface area (Å²) in [5, 5.41) is 11.5. The number of nitrogens with zero attached hydrogens (tertiary/aromatic N) is 6. The van der Waals surface area contributed by atoms with Gasteiger partial charge in [-0.3, -0.25) is 4.90 Å². The largest absolute Gasteiger partial charge is 0.478 e. The second-order valence-electron chi connectivity index (χ2n) is 10.4. The third-order valence-corrected chi connectivity index (χ3v) is 7.93. The minimum absolute atomic E-state index is 0.00108. The Morgan fingerprint density at radius 2 is 2.00 bits per heavy atom. The Morgan fingerprint density at radius 1 is 1.21 bits per heavy atom.